The van der Waals surface area contributed by atoms with Gasteiger partial charge in [-0.25, -0.2) is 4.98 Å². The zero-order valence-electron chi connectivity index (χ0n) is 14.3. The highest BCUT2D eigenvalue weighted by atomic mass is 35.5. The second-order valence-electron chi connectivity index (χ2n) is 5.98. The van der Waals surface area contributed by atoms with E-state index in [0.29, 0.717) is 33.0 Å². The summed E-state index contributed by atoms with van der Waals surface area (Å²) in [5, 5.41) is 10.6. The molecule has 0 bridgehead atoms. The summed E-state index contributed by atoms with van der Waals surface area (Å²) in [4.78, 5) is 4.56. The molecule has 0 aliphatic carbocycles. The number of nitriles is 1. The highest BCUT2D eigenvalue weighted by molar-refractivity contribution is 6.42. The summed E-state index contributed by atoms with van der Waals surface area (Å²) >= 11 is 12.0. The molecule has 0 saturated heterocycles. The number of nitrogens with zero attached hydrogens (tertiary/aromatic N) is 3. The zero-order chi connectivity index (χ0) is 19.0. The van der Waals surface area contributed by atoms with Crippen molar-refractivity contribution in [1.82, 2.24) is 9.55 Å². The number of hydrogen-bond donors (Lipinski definition) is 0. The highest BCUT2D eigenvalue weighted by Gasteiger charge is 2.13. The molecule has 4 rings (SSSR count). The van der Waals surface area contributed by atoms with Crippen molar-refractivity contribution in [2.75, 3.05) is 0 Å². The summed E-state index contributed by atoms with van der Waals surface area (Å²) < 4.78 is 7.76. The number of imidazole rings is 1. The second kappa shape index (κ2) is 6.96. The van der Waals surface area contributed by atoms with Gasteiger partial charge in [0.25, 0.3) is 0 Å². The number of hydrogen-bond acceptors (Lipinski definition) is 3. The first-order chi connectivity index (χ1) is 13.1. The summed E-state index contributed by atoms with van der Waals surface area (Å²) in [6, 6.07) is 18.9. The van der Waals surface area contributed by atoms with Gasteiger partial charge in [0.15, 0.2) is 5.82 Å². The summed E-state index contributed by atoms with van der Waals surface area (Å²) in [6.45, 7) is 0. The highest BCUT2D eigenvalue weighted by Crippen LogP contribution is 2.30. The molecule has 2 heterocycles. The van der Waals surface area contributed by atoms with E-state index in [4.69, 9.17) is 27.6 Å². The van der Waals surface area contributed by atoms with Crippen LogP contribution in [0, 0.1) is 11.3 Å². The number of allylic oxidation sites excluding steroid dienone is 1. The van der Waals surface area contributed by atoms with E-state index >= 15 is 0 Å². The van der Waals surface area contributed by atoms with E-state index in [2.05, 4.69) is 11.1 Å². The van der Waals surface area contributed by atoms with Crippen molar-refractivity contribution in [3.63, 3.8) is 0 Å². The van der Waals surface area contributed by atoms with Gasteiger partial charge in [0.1, 0.15) is 17.6 Å². The first kappa shape index (κ1) is 17.4. The minimum atomic E-state index is 0.420. The largest absolute Gasteiger partial charge is 0.457 e. The molecule has 0 radical (unpaired) electrons. The Labute approximate surface area is 165 Å². The van der Waals surface area contributed by atoms with Gasteiger partial charge in [-0.05, 0) is 42.5 Å². The monoisotopic (exact) mass is 393 g/mol. The predicted octanol–water partition coefficient (Wildman–Crippen LogP) is 6.20. The Kier molecular flexibility index (Phi) is 4.49. The molecule has 0 unspecified atom stereocenters. The van der Waals surface area contributed by atoms with Gasteiger partial charge in [-0.15, -0.1) is 0 Å². The third kappa shape index (κ3) is 3.23. The fourth-order valence-corrected chi connectivity index (χ4v) is 3.21. The van der Waals surface area contributed by atoms with E-state index in [-0.39, 0.29) is 0 Å². The number of para-hydroxylation sites is 2. The van der Waals surface area contributed by atoms with E-state index in [1.54, 1.807) is 24.3 Å². The van der Waals surface area contributed by atoms with Gasteiger partial charge < -0.3 is 8.98 Å². The third-order valence-corrected chi connectivity index (χ3v) is 5.01. The number of benzene rings is 2. The average molecular weight is 394 g/mol. The summed E-state index contributed by atoms with van der Waals surface area (Å²) in [5.74, 6) is 1.79. The molecule has 2 aromatic carbocycles. The van der Waals surface area contributed by atoms with Crippen LogP contribution >= 0.6 is 23.2 Å². The fourth-order valence-electron chi connectivity index (χ4n) is 2.91. The minimum absolute atomic E-state index is 0.420. The van der Waals surface area contributed by atoms with Crippen LogP contribution < -0.4 is 0 Å². The summed E-state index contributed by atoms with van der Waals surface area (Å²) in [5.41, 5.74) is 3.03. The van der Waals surface area contributed by atoms with E-state index in [1.807, 2.05) is 48.0 Å². The van der Waals surface area contributed by atoms with Gasteiger partial charge in [0.05, 0.1) is 26.7 Å². The molecule has 0 saturated carbocycles. The van der Waals surface area contributed by atoms with Crippen LogP contribution in [0.1, 0.15) is 11.6 Å². The Balaban J connectivity index is 1.73. The molecule has 0 aliphatic heterocycles. The number of fused-ring (bicyclic) bond motifs is 1. The molecule has 0 amide bonds. The van der Waals surface area contributed by atoms with Crippen LogP contribution in [0.4, 0.5) is 0 Å². The first-order valence-electron chi connectivity index (χ1n) is 8.15. The second-order valence-corrected chi connectivity index (χ2v) is 6.80. The van der Waals surface area contributed by atoms with Crippen molar-refractivity contribution in [1.29, 1.82) is 5.26 Å². The SMILES string of the molecule is Cn1c(/C(C#N)=C/c2ccc(-c3ccc(Cl)c(Cl)c3)o2)nc2ccccc21. The quantitative estimate of drug-likeness (QED) is 0.389. The predicted molar refractivity (Wildman–Crippen MR) is 108 cm³/mol. The van der Waals surface area contributed by atoms with Crippen LogP contribution in [-0.2, 0) is 7.05 Å². The lowest BCUT2D eigenvalue weighted by Gasteiger charge is -2.01. The van der Waals surface area contributed by atoms with Gasteiger partial charge in [0.2, 0.25) is 0 Å². The molecular weight excluding hydrogens is 381 g/mol. The molecule has 0 fully saturated rings. The Bertz CT molecular complexity index is 1230. The topological polar surface area (TPSA) is 54.8 Å². The average Bonchev–Trinajstić information content (AvgIpc) is 3.27. The molecule has 132 valence electrons. The lowest BCUT2D eigenvalue weighted by molar-refractivity contribution is 0.572. The van der Waals surface area contributed by atoms with Crippen molar-refractivity contribution < 1.29 is 4.42 Å². The number of furan rings is 1. The van der Waals surface area contributed by atoms with Crippen molar-refractivity contribution in [2.45, 2.75) is 0 Å². The van der Waals surface area contributed by atoms with Crippen LogP contribution in [0.5, 0.6) is 0 Å². The molecule has 4 nitrogen and oxygen atoms in total. The number of aromatic nitrogens is 2. The molecule has 27 heavy (non-hydrogen) atoms. The van der Waals surface area contributed by atoms with Crippen molar-refractivity contribution >= 4 is 45.9 Å². The minimum Gasteiger partial charge on any atom is -0.457 e. The van der Waals surface area contributed by atoms with Gasteiger partial charge in [-0.2, -0.15) is 5.26 Å². The Hall–Kier alpha value is -3.00. The van der Waals surface area contributed by atoms with Crippen molar-refractivity contribution in [3.8, 4) is 17.4 Å². The van der Waals surface area contributed by atoms with Crippen LogP contribution in [-0.4, -0.2) is 9.55 Å². The van der Waals surface area contributed by atoms with E-state index < -0.39 is 0 Å². The Morgan fingerprint density at radius 3 is 2.67 bits per heavy atom. The zero-order valence-corrected chi connectivity index (χ0v) is 15.8. The maximum absolute atomic E-state index is 9.64. The van der Waals surface area contributed by atoms with Crippen LogP contribution in [0.2, 0.25) is 10.0 Å². The van der Waals surface area contributed by atoms with Crippen molar-refractivity contribution in [2.24, 2.45) is 7.05 Å². The molecule has 2 aromatic heterocycles. The lowest BCUT2D eigenvalue weighted by Crippen LogP contribution is -1.95. The molecule has 6 heteroatoms. The van der Waals surface area contributed by atoms with Crippen LogP contribution in [0.15, 0.2) is 59.0 Å². The van der Waals surface area contributed by atoms with Gasteiger partial charge in [-0.1, -0.05) is 35.3 Å². The Morgan fingerprint density at radius 1 is 1.11 bits per heavy atom. The van der Waals surface area contributed by atoms with E-state index in [0.717, 1.165) is 16.6 Å². The normalized spacial score (nSPS) is 11.7. The van der Waals surface area contributed by atoms with Crippen molar-refractivity contribution in [3.05, 3.63) is 76.2 Å². The molecule has 0 N–H and O–H groups in total. The lowest BCUT2D eigenvalue weighted by atomic mass is 10.2. The summed E-state index contributed by atoms with van der Waals surface area (Å²) in [6.07, 6.45) is 1.68. The van der Waals surface area contributed by atoms with Gasteiger partial charge >= 0.3 is 0 Å². The van der Waals surface area contributed by atoms with E-state index in [9.17, 15) is 5.26 Å². The maximum Gasteiger partial charge on any atom is 0.151 e. The number of halogens is 2. The number of rotatable bonds is 3. The van der Waals surface area contributed by atoms with Gasteiger partial charge in [0, 0.05) is 18.7 Å². The molecule has 0 spiro atoms. The smallest absolute Gasteiger partial charge is 0.151 e. The number of aryl methyl sites for hydroxylation is 1. The fraction of sp³-hybridized carbons (Fsp3) is 0.0476. The van der Waals surface area contributed by atoms with Gasteiger partial charge in [-0.3, -0.25) is 0 Å². The Morgan fingerprint density at radius 2 is 1.93 bits per heavy atom. The third-order valence-electron chi connectivity index (χ3n) is 4.27. The molecule has 0 aliphatic rings. The van der Waals surface area contributed by atoms with Crippen LogP contribution in [0.25, 0.3) is 34.0 Å². The molecule has 0 atom stereocenters. The summed E-state index contributed by atoms with van der Waals surface area (Å²) in [7, 11) is 1.89. The molecule has 4 aromatic rings. The standard InChI is InChI=1S/C21H13Cl2N3O/c1-26-19-5-3-2-4-18(19)25-21(26)14(12-24)10-15-7-9-20(27-15)13-6-8-16(22)17(23)11-13/h2-11H,1H3/b14-10+. The molecular formula is C21H13Cl2N3O. The maximum atomic E-state index is 9.64. The van der Waals surface area contributed by atoms with E-state index in [1.165, 1.54) is 0 Å². The first-order valence-corrected chi connectivity index (χ1v) is 8.91. The van der Waals surface area contributed by atoms with Crippen LogP contribution in [0.3, 0.4) is 0 Å².